The predicted octanol–water partition coefficient (Wildman–Crippen LogP) is 2.41. The summed E-state index contributed by atoms with van der Waals surface area (Å²) in [6, 6.07) is 8.17. The third-order valence-corrected chi connectivity index (χ3v) is 4.82. The van der Waals surface area contributed by atoms with Crippen molar-refractivity contribution in [2.24, 2.45) is 0 Å². The van der Waals surface area contributed by atoms with E-state index in [0.29, 0.717) is 11.3 Å². The average molecular weight is 287 g/mol. The first-order chi connectivity index (χ1) is 10.2. The van der Waals surface area contributed by atoms with Gasteiger partial charge in [0, 0.05) is 36.4 Å². The highest BCUT2D eigenvalue weighted by Gasteiger charge is 2.29. The number of carbonyl (C=O) groups excluding carboxylic acids is 1. The first-order valence-corrected chi connectivity index (χ1v) is 8.13. The molecule has 1 aliphatic heterocycles. The number of carbonyl (C=O) groups is 1. The maximum absolute atomic E-state index is 12.2. The van der Waals surface area contributed by atoms with Crippen molar-refractivity contribution in [3.05, 3.63) is 29.8 Å². The van der Waals surface area contributed by atoms with Crippen molar-refractivity contribution in [1.82, 2.24) is 10.2 Å². The smallest absolute Gasteiger partial charge is 0.251 e. The second-order valence-electron chi connectivity index (χ2n) is 6.37. The number of anilines is 1. The molecule has 3 rings (SSSR count). The third-order valence-electron chi connectivity index (χ3n) is 4.82. The van der Waals surface area contributed by atoms with Crippen molar-refractivity contribution in [3.8, 4) is 0 Å². The summed E-state index contributed by atoms with van der Waals surface area (Å²) in [4.78, 5) is 14.8. The molecular formula is C17H25N3O. The van der Waals surface area contributed by atoms with Crippen molar-refractivity contribution < 1.29 is 4.79 Å². The Hall–Kier alpha value is -1.55. The van der Waals surface area contributed by atoms with Crippen molar-refractivity contribution in [1.29, 1.82) is 0 Å². The summed E-state index contributed by atoms with van der Waals surface area (Å²) < 4.78 is 0. The summed E-state index contributed by atoms with van der Waals surface area (Å²) in [6.07, 6.45) is 7.85. The van der Waals surface area contributed by atoms with E-state index < -0.39 is 0 Å². The zero-order chi connectivity index (χ0) is 14.7. The number of likely N-dealkylation sites (tertiary alicyclic amines) is 1. The van der Waals surface area contributed by atoms with Crippen LogP contribution >= 0.6 is 0 Å². The molecule has 2 fully saturated rings. The van der Waals surface area contributed by atoms with Gasteiger partial charge in [-0.15, -0.1) is 0 Å². The molecule has 0 radical (unpaired) electrons. The molecule has 4 nitrogen and oxygen atoms in total. The third kappa shape index (κ3) is 3.56. The molecule has 1 saturated heterocycles. The first-order valence-electron chi connectivity index (χ1n) is 8.13. The van der Waals surface area contributed by atoms with Crippen molar-refractivity contribution >= 4 is 11.6 Å². The van der Waals surface area contributed by atoms with Gasteiger partial charge in [0.1, 0.15) is 0 Å². The summed E-state index contributed by atoms with van der Waals surface area (Å²) in [7, 11) is 0. The maximum atomic E-state index is 12.2. The van der Waals surface area contributed by atoms with Gasteiger partial charge in [-0.1, -0.05) is 19.3 Å². The van der Waals surface area contributed by atoms with Crippen LogP contribution in [0.25, 0.3) is 0 Å². The molecule has 21 heavy (non-hydrogen) atoms. The molecule has 1 aliphatic carbocycles. The molecule has 0 aromatic heterocycles. The van der Waals surface area contributed by atoms with E-state index in [2.05, 4.69) is 10.2 Å². The average Bonchev–Trinajstić information content (AvgIpc) is 2.97. The molecule has 1 aromatic carbocycles. The van der Waals surface area contributed by atoms with E-state index in [1.807, 2.05) is 0 Å². The molecule has 0 spiro atoms. The number of amides is 1. The molecule has 1 aromatic rings. The van der Waals surface area contributed by atoms with E-state index in [9.17, 15) is 4.79 Å². The summed E-state index contributed by atoms with van der Waals surface area (Å²) in [6.45, 7) is 2.13. The van der Waals surface area contributed by atoms with Crippen molar-refractivity contribution in [2.45, 2.75) is 50.6 Å². The number of nitrogen functional groups attached to an aromatic ring is 1. The van der Waals surface area contributed by atoms with Crippen molar-refractivity contribution in [3.63, 3.8) is 0 Å². The lowest BCUT2D eigenvalue weighted by molar-refractivity contribution is 0.0934. The van der Waals surface area contributed by atoms with Crippen LogP contribution < -0.4 is 11.1 Å². The predicted molar refractivity (Wildman–Crippen MR) is 85.2 cm³/mol. The zero-order valence-electron chi connectivity index (χ0n) is 12.6. The van der Waals surface area contributed by atoms with Crippen LogP contribution in [-0.4, -0.2) is 36.0 Å². The fraction of sp³-hybridized carbons (Fsp3) is 0.588. The van der Waals surface area contributed by atoms with Gasteiger partial charge in [-0.3, -0.25) is 9.69 Å². The van der Waals surface area contributed by atoms with Gasteiger partial charge in [0.2, 0.25) is 0 Å². The Morgan fingerprint density at radius 1 is 1.10 bits per heavy atom. The van der Waals surface area contributed by atoms with E-state index in [1.54, 1.807) is 24.3 Å². The lowest BCUT2D eigenvalue weighted by Gasteiger charge is -2.31. The van der Waals surface area contributed by atoms with E-state index in [4.69, 9.17) is 5.73 Å². The number of hydrogen-bond acceptors (Lipinski definition) is 3. The molecule has 114 valence electrons. The highest BCUT2D eigenvalue weighted by molar-refractivity contribution is 5.94. The van der Waals surface area contributed by atoms with Gasteiger partial charge >= 0.3 is 0 Å². The minimum atomic E-state index is 0.0190. The number of nitrogens with zero attached hydrogens (tertiary/aromatic N) is 1. The van der Waals surface area contributed by atoms with E-state index >= 15 is 0 Å². The minimum absolute atomic E-state index is 0.0190. The highest BCUT2D eigenvalue weighted by atomic mass is 16.1. The van der Waals surface area contributed by atoms with E-state index in [0.717, 1.165) is 25.6 Å². The molecule has 1 unspecified atom stereocenters. The van der Waals surface area contributed by atoms with Gasteiger partial charge in [0.05, 0.1) is 0 Å². The van der Waals surface area contributed by atoms with Crippen LogP contribution in [0.15, 0.2) is 24.3 Å². The monoisotopic (exact) mass is 287 g/mol. The van der Waals surface area contributed by atoms with Crippen LogP contribution in [0.4, 0.5) is 5.69 Å². The Balaban J connectivity index is 1.52. The van der Waals surface area contributed by atoms with Gasteiger partial charge < -0.3 is 11.1 Å². The lowest BCUT2D eigenvalue weighted by atomic mass is 9.94. The Morgan fingerprint density at radius 3 is 2.52 bits per heavy atom. The molecule has 1 atom stereocenters. The topological polar surface area (TPSA) is 58.4 Å². The Kier molecular flexibility index (Phi) is 4.44. The van der Waals surface area contributed by atoms with Gasteiger partial charge in [0.15, 0.2) is 0 Å². The number of rotatable bonds is 3. The first kappa shape index (κ1) is 14.4. The second kappa shape index (κ2) is 6.48. The van der Waals surface area contributed by atoms with E-state index in [-0.39, 0.29) is 11.9 Å². The number of hydrogen-bond donors (Lipinski definition) is 2. The van der Waals surface area contributed by atoms with Crippen LogP contribution in [0.2, 0.25) is 0 Å². The number of benzene rings is 1. The van der Waals surface area contributed by atoms with Crippen LogP contribution in [0, 0.1) is 0 Å². The molecule has 3 N–H and O–H groups in total. The fourth-order valence-corrected chi connectivity index (χ4v) is 3.59. The normalized spacial score (nSPS) is 24.1. The summed E-state index contributed by atoms with van der Waals surface area (Å²) in [5, 5.41) is 3.16. The lowest BCUT2D eigenvalue weighted by Crippen LogP contribution is -2.40. The molecule has 2 aliphatic rings. The standard InChI is InChI=1S/C17H25N3O/c18-14-8-6-13(7-9-14)17(21)19-15-10-11-20(12-15)16-4-2-1-3-5-16/h6-9,15-16H,1-5,10-12,18H2,(H,19,21). The Labute approximate surface area is 126 Å². The number of nitrogens with one attached hydrogen (secondary N) is 1. The maximum Gasteiger partial charge on any atom is 0.251 e. The summed E-state index contributed by atoms with van der Waals surface area (Å²) >= 11 is 0. The van der Waals surface area contributed by atoms with Crippen LogP contribution in [0.3, 0.4) is 0 Å². The zero-order valence-corrected chi connectivity index (χ0v) is 12.6. The van der Waals surface area contributed by atoms with Crippen LogP contribution in [0.5, 0.6) is 0 Å². The quantitative estimate of drug-likeness (QED) is 0.839. The van der Waals surface area contributed by atoms with E-state index in [1.165, 1.54) is 32.1 Å². The van der Waals surface area contributed by atoms with Crippen LogP contribution in [0.1, 0.15) is 48.9 Å². The second-order valence-corrected chi connectivity index (χ2v) is 6.37. The summed E-state index contributed by atoms with van der Waals surface area (Å²) in [5.41, 5.74) is 7.04. The Bertz CT molecular complexity index is 479. The van der Waals surface area contributed by atoms with Gasteiger partial charge in [0.25, 0.3) is 5.91 Å². The molecule has 4 heteroatoms. The van der Waals surface area contributed by atoms with Gasteiger partial charge in [-0.25, -0.2) is 0 Å². The SMILES string of the molecule is Nc1ccc(C(=O)NC2CCN(C3CCCCC3)C2)cc1. The molecule has 1 heterocycles. The highest BCUT2D eigenvalue weighted by Crippen LogP contribution is 2.25. The summed E-state index contributed by atoms with van der Waals surface area (Å²) in [5.74, 6) is 0.0190. The van der Waals surface area contributed by atoms with Gasteiger partial charge in [-0.05, 0) is 43.5 Å². The minimum Gasteiger partial charge on any atom is -0.399 e. The molecule has 0 bridgehead atoms. The molecular weight excluding hydrogens is 262 g/mol. The van der Waals surface area contributed by atoms with Crippen LogP contribution in [-0.2, 0) is 0 Å². The van der Waals surface area contributed by atoms with Gasteiger partial charge in [-0.2, -0.15) is 0 Å². The van der Waals surface area contributed by atoms with Crippen molar-refractivity contribution in [2.75, 3.05) is 18.8 Å². The fourth-order valence-electron chi connectivity index (χ4n) is 3.59. The molecule has 1 amide bonds. The largest absolute Gasteiger partial charge is 0.399 e. The molecule has 1 saturated carbocycles. The Morgan fingerprint density at radius 2 is 1.81 bits per heavy atom. The number of nitrogens with two attached hydrogens (primary N) is 1.